The Morgan fingerprint density at radius 2 is 1.88 bits per heavy atom. The average Bonchev–Trinajstić information content (AvgIpc) is 2.27. The van der Waals surface area contributed by atoms with Crippen molar-refractivity contribution in [1.82, 2.24) is 15.1 Å². The van der Waals surface area contributed by atoms with Crippen LogP contribution in [0.1, 0.15) is 19.8 Å². The molecule has 17 heavy (non-hydrogen) atoms. The lowest BCUT2D eigenvalue weighted by molar-refractivity contribution is 0.103. The van der Waals surface area contributed by atoms with Gasteiger partial charge in [0.2, 0.25) is 0 Å². The van der Waals surface area contributed by atoms with Crippen molar-refractivity contribution in [2.45, 2.75) is 25.8 Å². The predicted molar refractivity (Wildman–Crippen MR) is 74.6 cm³/mol. The van der Waals surface area contributed by atoms with Crippen LogP contribution < -0.4 is 5.32 Å². The number of nitrogens with zero attached hydrogens (tertiary/aromatic N) is 2. The Balaban J connectivity index is 3.83. The molecular weight excluding hydrogens is 214 g/mol. The second-order valence-corrected chi connectivity index (χ2v) is 4.95. The Morgan fingerprint density at radius 1 is 1.18 bits per heavy atom. The van der Waals surface area contributed by atoms with E-state index in [1.165, 1.54) is 12.8 Å². The van der Waals surface area contributed by atoms with Gasteiger partial charge in [-0.1, -0.05) is 6.92 Å². The van der Waals surface area contributed by atoms with Crippen molar-refractivity contribution < 1.29 is 4.74 Å². The van der Waals surface area contributed by atoms with Gasteiger partial charge in [0.15, 0.2) is 0 Å². The van der Waals surface area contributed by atoms with Crippen LogP contribution in [0.5, 0.6) is 0 Å². The molecule has 1 N–H and O–H groups in total. The number of hydrogen-bond acceptors (Lipinski definition) is 4. The minimum atomic E-state index is 0.480. The molecule has 0 aromatic carbocycles. The summed E-state index contributed by atoms with van der Waals surface area (Å²) in [4.78, 5) is 4.63. The molecule has 0 saturated heterocycles. The highest BCUT2D eigenvalue weighted by Crippen LogP contribution is 1.98. The van der Waals surface area contributed by atoms with E-state index in [0.717, 1.165) is 32.8 Å². The van der Waals surface area contributed by atoms with E-state index in [1.54, 1.807) is 7.11 Å². The SMILES string of the molecule is CCCNCC(COC)N(C)CCCN(C)C. The lowest BCUT2D eigenvalue weighted by atomic mass is 10.2. The molecular formula is C13H31N3O. The summed E-state index contributed by atoms with van der Waals surface area (Å²) in [6.07, 6.45) is 2.39. The van der Waals surface area contributed by atoms with Gasteiger partial charge in [-0.05, 0) is 53.6 Å². The lowest BCUT2D eigenvalue weighted by Gasteiger charge is -2.28. The maximum absolute atomic E-state index is 5.29. The molecule has 1 unspecified atom stereocenters. The van der Waals surface area contributed by atoms with Gasteiger partial charge >= 0.3 is 0 Å². The molecule has 0 fully saturated rings. The molecule has 4 heteroatoms. The van der Waals surface area contributed by atoms with Gasteiger partial charge in [-0.2, -0.15) is 0 Å². The van der Waals surface area contributed by atoms with Crippen molar-refractivity contribution in [3.8, 4) is 0 Å². The van der Waals surface area contributed by atoms with Gasteiger partial charge in [0, 0.05) is 19.7 Å². The summed E-state index contributed by atoms with van der Waals surface area (Å²) in [5.41, 5.74) is 0. The second kappa shape index (κ2) is 11.0. The third-order valence-corrected chi connectivity index (χ3v) is 2.91. The molecule has 0 aromatic heterocycles. The topological polar surface area (TPSA) is 27.7 Å². The molecule has 104 valence electrons. The van der Waals surface area contributed by atoms with Gasteiger partial charge in [-0.3, -0.25) is 4.90 Å². The molecule has 0 rings (SSSR count). The van der Waals surface area contributed by atoms with Crippen LogP contribution in [0.2, 0.25) is 0 Å². The first-order valence-corrected chi connectivity index (χ1v) is 6.66. The Kier molecular flexibility index (Phi) is 10.9. The standard InChI is InChI=1S/C13H31N3O/c1-6-8-14-11-13(12-17-5)16(4)10-7-9-15(2)3/h13-14H,6-12H2,1-5H3. The molecule has 0 aromatic rings. The Morgan fingerprint density at radius 3 is 2.41 bits per heavy atom. The zero-order valence-electron chi connectivity index (χ0n) is 12.3. The van der Waals surface area contributed by atoms with E-state index in [1.807, 2.05) is 0 Å². The minimum Gasteiger partial charge on any atom is -0.383 e. The van der Waals surface area contributed by atoms with Crippen LogP contribution in [0.4, 0.5) is 0 Å². The summed E-state index contributed by atoms with van der Waals surface area (Å²) >= 11 is 0. The number of ether oxygens (including phenoxy) is 1. The first-order valence-electron chi connectivity index (χ1n) is 6.66. The number of nitrogens with one attached hydrogen (secondary N) is 1. The van der Waals surface area contributed by atoms with Gasteiger partial charge in [-0.15, -0.1) is 0 Å². The Hall–Kier alpha value is -0.160. The summed E-state index contributed by atoms with van der Waals surface area (Å²) in [6.45, 7) is 7.37. The zero-order chi connectivity index (χ0) is 13.1. The molecule has 0 radical (unpaired) electrons. The highest BCUT2D eigenvalue weighted by molar-refractivity contribution is 4.71. The first kappa shape index (κ1) is 16.8. The van der Waals surface area contributed by atoms with Crippen LogP contribution in [-0.2, 0) is 4.74 Å². The fourth-order valence-corrected chi connectivity index (χ4v) is 1.80. The third-order valence-electron chi connectivity index (χ3n) is 2.91. The maximum Gasteiger partial charge on any atom is 0.0630 e. The molecule has 4 nitrogen and oxygen atoms in total. The molecule has 0 aliphatic carbocycles. The molecule has 0 spiro atoms. The Labute approximate surface area is 107 Å². The smallest absolute Gasteiger partial charge is 0.0630 e. The number of hydrogen-bond donors (Lipinski definition) is 1. The van der Waals surface area contributed by atoms with Crippen molar-refractivity contribution >= 4 is 0 Å². The van der Waals surface area contributed by atoms with Crippen LogP contribution in [0.25, 0.3) is 0 Å². The largest absolute Gasteiger partial charge is 0.383 e. The average molecular weight is 245 g/mol. The normalized spacial score (nSPS) is 13.6. The van der Waals surface area contributed by atoms with E-state index in [4.69, 9.17) is 4.74 Å². The zero-order valence-corrected chi connectivity index (χ0v) is 12.3. The minimum absolute atomic E-state index is 0.480. The second-order valence-electron chi connectivity index (χ2n) is 4.95. The van der Waals surface area contributed by atoms with E-state index >= 15 is 0 Å². The molecule has 0 amide bonds. The van der Waals surface area contributed by atoms with Crippen LogP contribution in [0, 0.1) is 0 Å². The van der Waals surface area contributed by atoms with Crippen LogP contribution in [0.3, 0.4) is 0 Å². The molecule has 0 bridgehead atoms. The van der Waals surface area contributed by atoms with Crippen molar-refractivity contribution in [3.63, 3.8) is 0 Å². The van der Waals surface area contributed by atoms with Gasteiger partial charge < -0.3 is 15.0 Å². The predicted octanol–water partition coefficient (Wildman–Crippen LogP) is 0.885. The van der Waals surface area contributed by atoms with Crippen LogP contribution in [-0.4, -0.2) is 76.9 Å². The van der Waals surface area contributed by atoms with Gasteiger partial charge in [0.1, 0.15) is 0 Å². The van der Waals surface area contributed by atoms with E-state index in [0.29, 0.717) is 6.04 Å². The van der Waals surface area contributed by atoms with E-state index in [-0.39, 0.29) is 0 Å². The van der Waals surface area contributed by atoms with Gasteiger partial charge in [0.25, 0.3) is 0 Å². The summed E-state index contributed by atoms with van der Waals surface area (Å²) in [5, 5.41) is 3.47. The summed E-state index contributed by atoms with van der Waals surface area (Å²) in [7, 11) is 8.21. The van der Waals surface area contributed by atoms with Crippen LogP contribution >= 0.6 is 0 Å². The molecule has 0 aliphatic rings. The molecule has 0 heterocycles. The highest BCUT2D eigenvalue weighted by atomic mass is 16.5. The van der Waals surface area contributed by atoms with Crippen LogP contribution in [0.15, 0.2) is 0 Å². The highest BCUT2D eigenvalue weighted by Gasteiger charge is 2.13. The maximum atomic E-state index is 5.29. The van der Waals surface area contributed by atoms with Crippen molar-refractivity contribution in [2.75, 3.05) is 61.0 Å². The van der Waals surface area contributed by atoms with Crippen molar-refractivity contribution in [2.24, 2.45) is 0 Å². The summed E-state index contributed by atoms with van der Waals surface area (Å²) < 4.78 is 5.29. The van der Waals surface area contributed by atoms with Crippen molar-refractivity contribution in [1.29, 1.82) is 0 Å². The fraction of sp³-hybridized carbons (Fsp3) is 1.00. The van der Waals surface area contributed by atoms with Gasteiger partial charge in [0.05, 0.1) is 6.61 Å². The quantitative estimate of drug-likeness (QED) is 0.547. The fourth-order valence-electron chi connectivity index (χ4n) is 1.80. The summed E-state index contributed by atoms with van der Waals surface area (Å²) in [6, 6.07) is 0.480. The van der Waals surface area contributed by atoms with E-state index in [9.17, 15) is 0 Å². The molecule has 0 aliphatic heterocycles. The number of methoxy groups -OCH3 is 1. The number of rotatable bonds is 11. The van der Waals surface area contributed by atoms with E-state index in [2.05, 4.69) is 43.2 Å². The Bertz CT molecular complexity index is 165. The first-order chi connectivity index (χ1) is 8.11. The van der Waals surface area contributed by atoms with E-state index < -0.39 is 0 Å². The lowest BCUT2D eigenvalue weighted by Crippen LogP contribution is -2.44. The van der Waals surface area contributed by atoms with Gasteiger partial charge in [-0.25, -0.2) is 0 Å². The molecule has 1 atom stereocenters. The third kappa shape index (κ3) is 9.53. The summed E-state index contributed by atoms with van der Waals surface area (Å²) in [5.74, 6) is 0. The monoisotopic (exact) mass is 245 g/mol. The van der Waals surface area contributed by atoms with Crippen molar-refractivity contribution in [3.05, 3.63) is 0 Å². The number of likely N-dealkylation sites (N-methyl/N-ethyl adjacent to an activating group) is 1. The molecule has 0 saturated carbocycles.